The molecule has 1 aromatic rings. The summed E-state index contributed by atoms with van der Waals surface area (Å²) < 4.78 is 0. The van der Waals surface area contributed by atoms with Crippen molar-refractivity contribution in [3.63, 3.8) is 0 Å². The molecule has 2 fully saturated rings. The fraction of sp³-hybridized carbons (Fsp3) is 0.647. The van der Waals surface area contributed by atoms with Crippen molar-refractivity contribution in [2.75, 3.05) is 0 Å². The summed E-state index contributed by atoms with van der Waals surface area (Å²) in [6.45, 7) is 0. The Morgan fingerprint density at radius 2 is 2.00 bits per heavy atom. The monoisotopic (exact) mass is 319 g/mol. The van der Waals surface area contributed by atoms with Crippen molar-refractivity contribution in [1.29, 1.82) is 0 Å². The molecule has 0 spiro atoms. The number of aliphatic carboxylic acids is 1. The Morgan fingerprint density at radius 3 is 2.77 bits per heavy atom. The number of carboxylic acid groups (broad SMARTS) is 1. The molecule has 4 rings (SSSR count). The van der Waals surface area contributed by atoms with Crippen LogP contribution in [0, 0.1) is 5.92 Å². The molecule has 1 N–H and O–H groups in total. The summed E-state index contributed by atoms with van der Waals surface area (Å²) in [5, 5.41) is 9.55. The molecule has 22 heavy (non-hydrogen) atoms. The molecular formula is C17H21NO3S. The average molecular weight is 319 g/mol. The van der Waals surface area contributed by atoms with E-state index in [2.05, 4.69) is 0 Å². The SMILES string of the molecule is O=C(O)C1CC2CCCCC2N1C(=O)c1cc2c(s1)CCC2. The largest absolute Gasteiger partial charge is 0.480 e. The van der Waals surface area contributed by atoms with E-state index in [4.69, 9.17) is 0 Å². The molecule has 3 unspecified atom stereocenters. The third kappa shape index (κ3) is 2.18. The highest BCUT2D eigenvalue weighted by Crippen LogP contribution is 2.41. The van der Waals surface area contributed by atoms with Crippen molar-refractivity contribution in [1.82, 2.24) is 4.90 Å². The lowest BCUT2D eigenvalue weighted by Gasteiger charge is -2.32. The van der Waals surface area contributed by atoms with Crippen LogP contribution in [0.4, 0.5) is 0 Å². The van der Waals surface area contributed by atoms with Crippen LogP contribution >= 0.6 is 11.3 Å². The zero-order valence-electron chi connectivity index (χ0n) is 12.6. The van der Waals surface area contributed by atoms with Crippen molar-refractivity contribution in [3.8, 4) is 0 Å². The summed E-state index contributed by atoms with van der Waals surface area (Å²) in [4.78, 5) is 28.4. The van der Waals surface area contributed by atoms with Crippen LogP contribution < -0.4 is 0 Å². The van der Waals surface area contributed by atoms with Gasteiger partial charge in [-0.1, -0.05) is 12.8 Å². The standard InChI is InChI=1S/C17H21NO3S/c19-16(15-9-11-5-3-7-14(11)22-15)18-12-6-2-1-4-10(12)8-13(18)17(20)21/h9-10,12-13H,1-8H2,(H,20,21). The van der Waals surface area contributed by atoms with Crippen LogP contribution in [0.1, 0.15) is 58.6 Å². The second kappa shape index (κ2) is 5.37. The van der Waals surface area contributed by atoms with Crippen LogP contribution in [0.15, 0.2) is 6.07 Å². The molecule has 0 bridgehead atoms. The lowest BCUT2D eigenvalue weighted by molar-refractivity contribution is -0.141. The molecule has 2 aliphatic carbocycles. The number of carboxylic acids is 1. The Kier molecular flexibility index (Phi) is 3.48. The van der Waals surface area contributed by atoms with Crippen molar-refractivity contribution in [2.45, 2.75) is 63.5 Å². The number of amides is 1. The molecule has 1 saturated carbocycles. The van der Waals surface area contributed by atoms with Gasteiger partial charge in [-0.2, -0.15) is 0 Å². The second-order valence-corrected chi connectivity index (χ2v) is 7.96. The maximum atomic E-state index is 13.0. The maximum Gasteiger partial charge on any atom is 0.326 e. The van der Waals surface area contributed by atoms with Crippen molar-refractivity contribution < 1.29 is 14.7 Å². The molecule has 3 atom stereocenters. The predicted octanol–water partition coefficient (Wildman–Crippen LogP) is 3.09. The quantitative estimate of drug-likeness (QED) is 0.911. The molecule has 0 aromatic carbocycles. The van der Waals surface area contributed by atoms with Crippen LogP contribution in [0.5, 0.6) is 0 Å². The summed E-state index contributed by atoms with van der Waals surface area (Å²) >= 11 is 1.59. The number of nitrogens with zero attached hydrogens (tertiary/aromatic N) is 1. The molecule has 5 heteroatoms. The highest BCUT2D eigenvalue weighted by Gasteiger charge is 2.48. The van der Waals surface area contributed by atoms with Gasteiger partial charge in [-0.05, 0) is 56.1 Å². The number of fused-ring (bicyclic) bond motifs is 2. The first kappa shape index (κ1) is 14.2. The van der Waals surface area contributed by atoms with Gasteiger partial charge in [0, 0.05) is 10.9 Å². The average Bonchev–Trinajstić information content (AvgIpc) is 3.18. The number of rotatable bonds is 2. The van der Waals surface area contributed by atoms with Crippen molar-refractivity contribution >= 4 is 23.2 Å². The zero-order chi connectivity index (χ0) is 15.3. The lowest BCUT2D eigenvalue weighted by Crippen LogP contribution is -2.46. The lowest BCUT2D eigenvalue weighted by atomic mass is 9.85. The summed E-state index contributed by atoms with van der Waals surface area (Å²) in [6.07, 6.45) is 8.26. The molecular weight excluding hydrogens is 298 g/mol. The predicted molar refractivity (Wildman–Crippen MR) is 84.3 cm³/mol. The highest BCUT2D eigenvalue weighted by atomic mass is 32.1. The molecule has 0 radical (unpaired) electrons. The van der Waals surface area contributed by atoms with Gasteiger partial charge in [-0.15, -0.1) is 11.3 Å². The van der Waals surface area contributed by atoms with Gasteiger partial charge in [0.25, 0.3) is 5.91 Å². The summed E-state index contributed by atoms with van der Waals surface area (Å²) in [6, 6.07) is 1.53. The van der Waals surface area contributed by atoms with Gasteiger partial charge < -0.3 is 10.0 Å². The maximum absolute atomic E-state index is 13.0. The summed E-state index contributed by atoms with van der Waals surface area (Å²) in [7, 11) is 0. The molecule has 3 aliphatic rings. The van der Waals surface area contributed by atoms with Gasteiger partial charge in [0.2, 0.25) is 0 Å². The summed E-state index contributed by atoms with van der Waals surface area (Å²) in [5.41, 5.74) is 1.31. The fourth-order valence-electron chi connectivity index (χ4n) is 4.53. The van der Waals surface area contributed by atoms with Crippen LogP contribution in [0.3, 0.4) is 0 Å². The van der Waals surface area contributed by atoms with Gasteiger partial charge in [0.15, 0.2) is 0 Å². The first-order valence-corrected chi connectivity index (χ1v) is 9.14. The minimum Gasteiger partial charge on any atom is -0.480 e. The van der Waals surface area contributed by atoms with Gasteiger partial charge in [0.05, 0.1) is 4.88 Å². The normalized spacial score (nSPS) is 30.2. The first-order chi connectivity index (χ1) is 10.6. The smallest absolute Gasteiger partial charge is 0.326 e. The number of carbonyl (C=O) groups excluding carboxylic acids is 1. The molecule has 4 nitrogen and oxygen atoms in total. The van der Waals surface area contributed by atoms with E-state index in [1.54, 1.807) is 16.2 Å². The van der Waals surface area contributed by atoms with E-state index < -0.39 is 12.0 Å². The first-order valence-electron chi connectivity index (χ1n) is 8.32. The molecule has 1 aromatic heterocycles. The van der Waals surface area contributed by atoms with Gasteiger partial charge in [-0.25, -0.2) is 4.79 Å². The third-order valence-corrected chi connectivity index (χ3v) is 6.79. The van der Waals surface area contributed by atoms with Crippen LogP contribution in [-0.4, -0.2) is 34.0 Å². The van der Waals surface area contributed by atoms with E-state index in [1.807, 2.05) is 6.07 Å². The van der Waals surface area contributed by atoms with Crippen LogP contribution in [0.25, 0.3) is 0 Å². The number of carbonyl (C=O) groups is 2. The Hall–Kier alpha value is -1.36. The van der Waals surface area contributed by atoms with E-state index in [1.165, 1.54) is 23.3 Å². The topological polar surface area (TPSA) is 57.6 Å². The second-order valence-electron chi connectivity index (χ2n) is 6.83. The minimum absolute atomic E-state index is 0.0406. The Morgan fingerprint density at radius 1 is 1.18 bits per heavy atom. The molecule has 2 heterocycles. The number of hydrogen-bond donors (Lipinski definition) is 1. The van der Waals surface area contributed by atoms with E-state index in [9.17, 15) is 14.7 Å². The van der Waals surface area contributed by atoms with Crippen molar-refractivity contribution in [2.24, 2.45) is 5.92 Å². The van der Waals surface area contributed by atoms with E-state index in [0.717, 1.165) is 37.0 Å². The number of hydrogen-bond acceptors (Lipinski definition) is 3. The van der Waals surface area contributed by atoms with E-state index >= 15 is 0 Å². The molecule has 1 amide bonds. The molecule has 118 valence electrons. The van der Waals surface area contributed by atoms with Gasteiger partial charge in [0.1, 0.15) is 6.04 Å². The van der Waals surface area contributed by atoms with Gasteiger partial charge >= 0.3 is 5.97 Å². The van der Waals surface area contributed by atoms with E-state index in [0.29, 0.717) is 12.3 Å². The molecule has 1 aliphatic heterocycles. The van der Waals surface area contributed by atoms with E-state index in [-0.39, 0.29) is 11.9 Å². The zero-order valence-corrected chi connectivity index (χ0v) is 13.4. The Bertz CT molecular complexity index is 602. The summed E-state index contributed by atoms with van der Waals surface area (Å²) in [5.74, 6) is -0.501. The number of likely N-dealkylation sites (tertiary alicyclic amines) is 1. The highest BCUT2D eigenvalue weighted by molar-refractivity contribution is 7.14. The Balaban J connectivity index is 1.64. The van der Waals surface area contributed by atoms with Crippen molar-refractivity contribution in [3.05, 3.63) is 21.4 Å². The van der Waals surface area contributed by atoms with Crippen LogP contribution in [0.2, 0.25) is 0 Å². The minimum atomic E-state index is -0.841. The van der Waals surface area contributed by atoms with Gasteiger partial charge in [-0.3, -0.25) is 4.79 Å². The Labute approximate surface area is 134 Å². The number of thiophene rings is 1. The fourth-order valence-corrected chi connectivity index (χ4v) is 5.73. The van der Waals surface area contributed by atoms with Crippen LogP contribution in [-0.2, 0) is 17.6 Å². The third-order valence-electron chi connectivity index (χ3n) is 5.56. The number of aryl methyl sites for hydroxylation is 2. The molecule has 1 saturated heterocycles.